The molecule has 1 aliphatic rings. The third kappa shape index (κ3) is 5.50. The molecule has 0 bridgehead atoms. The fourth-order valence-corrected chi connectivity index (χ4v) is 4.77. The summed E-state index contributed by atoms with van der Waals surface area (Å²) >= 11 is 24.6. The number of benzene rings is 2. The molecule has 0 aliphatic heterocycles. The van der Waals surface area contributed by atoms with Crippen LogP contribution in [0.25, 0.3) is 0 Å². The summed E-state index contributed by atoms with van der Waals surface area (Å²) in [5.74, 6) is -7.18. The fourth-order valence-electron chi connectivity index (χ4n) is 3.64. The average Bonchev–Trinajstić information content (AvgIpc) is 3.36. The molecular weight excluding hydrogens is 556 g/mol. The largest absolute Gasteiger partial charge is 1.00 e. The molecule has 1 aliphatic carbocycles. The predicted molar refractivity (Wildman–Crippen MR) is 128 cm³/mol. The van der Waals surface area contributed by atoms with Crippen molar-refractivity contribution in [3.8, 4) is 0 Å². The Morgan fingerprint density at radius 1 is 1.08 bits per heavy atom. The smallest absolute Gasteiger partial charge is 0.376 e. The van der Waals surface area contributed by atoms with Gasteiger partial charge < -0.3 is 10.6 Å². The van der Waals surface area contributed by atoms with E-state index in [0.717, 1.165) is 6.07 Å². The van der Waals surface area contributed by atoms with Crippen molar-refractivity contribution in [1.29, 1.82) is 0 Å². The molecule has 36 heavy (non-hydrogen) atoms. The normalized spacial score (nSPS) is 17.7. The summed E-state index contributed by atoms with van der Waals surface area (Å²) in [6.45, 7) is 1.39. The van der Waals surface area contributed by atoms with Crippen molar-refractivity contribution in [2.45, 2.75) is 17.2 Å². The number of aryl methyl sites for hydroxylation is 1. The molecule has 5 nitrogen and oxygen atoms in total. The van der Waals surface area contributed by atoms with E-state index < -0.39 is 56.8 Å². The van der Waals surface area contributed by atoms with Crippen molar-refractivity contribution in [2.75, 3.05) is 10.6 Å². The minimum atomic E-state index is -1.49. The van der Waals surface area contributed by atoms with Crippen LogP contribution in [-0.4, -0.2) is 21.1 Å². The molecule has 13 heteroatoms. The first-order valence-electron chi connectivity index (χ1n) is 9.88. The first-order chi connectivity index (χ1) is 16.4. The number of nitrogens with zero attached hydrogens (tertiary/aromatic N) is 1. The second-order valence-corrected chi connectivity index (χ2v) is 10.0. The number of pyridine rings is 1. The van der Waals surface area contributed by atoms with Gasteiger partial charge in [0.1, 0.15) is 10.2 Å². The maximum absolute atomic E-state index is 15.2. The zero-order chi connectivity index (χ0) is 25.7. The van der Waals surface area contributed by atoms with E-state index in [2.05, 4.69) is 21.7 Å². The first kappa shape index (κ1) is 28.6. The Morgan fingerprint density at radius 2 is 1.78 bits per heavy atom. The number of amides is 2. The number of aromatic nitrogens is 1. The van der Waals surface area contributed by atoms with Crippen molar-refractivity contribution in [1.82, 2.24) is 4.98 Å². The zero-order valence-electron chi connectivity index (χ0n) is 18.5. The Morgan fingerprint density at radius 3 is 2.42 bits per heavy atom. The van der Waals surface area contributed by atoms with E-state index in [1.54, 1.807) is 6.07 Å². The van der Waals surface area contributed by atoms with E-state index >= 15 is 4.39 Å². The van der Waals surface area contributed by atoms with Crippen molar-refractivity contribution in [3.05, 3.63) is 86.8 Å². The summed E-state index contributed by atoms with van der Waals surface area (Å²) in [5, 5.41) is 5.00. The molecule has 2 unspecified atom stereocenters. The number of anilines is 2. The van der Waals surface area contributed by atoms with Crippen LogP contribution < -0.4 is 29.5 Å². The van der Waals surface area contributed by atoms with Crippen LogP contribution in [0.15, 0.2) is 36.5 Å². The Balaban J connectivity index is 0.00000361. The number of carbonyl (C=O) groups is 2. The minimum Gasteiger partial charge on any atom is -0.376 e. The zero-order valence-corrected chi connectivity index (χ0v) is 21.6. The number of rotatable bonds is 5. The Kier molecular flexibility index (Phi) is 8.61. The summed E-state index contributed by atoms with van der Waals surface area (Å²) in [5.41, 5.74) is -0.255. The number of nitrogens with one attached hydrogen (secondary N) is 2. The summed E-state index contributed by atoms with van der Waals surface area (Å²) in [4.78, 5) is 29.0. The third-order valence-corrected chi connectivity index (χ3v) is 7.11. The van der Waals surface area contributed by atoms with Crippen LogP contribution in [0.5, 0.6) is 0 Å². The van der Waals surface area contributed by atoms with Crippen LogP contribution in [0, 0.1) is 36.4 Å². The summed E-state index contributed by atoms with van der Waals surface area (Å²) in [6.07, 6.45) is 0.690. The van der Waals surface area contributed by atoms with Gasteiger partial charge in [-0.15, -0.1) is 28.8 Å². The number of halogens is 7. The van der Waals surface area contributed by atoms with Crippen LogP contribution >= 0.6 is 46.4 Å². The van der Waals surface area contributed by atoms with Crippen LogP contribution in [0.1, 0.15) is 27.4 Å². The number of carbonyl (C=O) groups excluding carboxylic acids is 2. The number of hydrogen-bond donors (Lipinski definition) is 2. The SMILES string of the molecule is Cc1[c-]cc(NC(=O)C2C(c3ccc(Cl)c(Cl)c3)C2(Cl)Cl)c(F)c1C(=O)Nc1ncc(F)cc1F.[Li+]. The van der Waals surface area contributed by atoms with Gasteiger partial charge in [0.05, 0.1) is 28.0 Å². The van der Waals surface area contributed by atoms with Crippen LogP contribution in [0.2, 0.25) is 10.0 Å². The third-order valence-electron chi connectivity index (χ3n) is 5.43. The second kappa shape index (κ2) is 10.8. The van der Waals surface area contributed by atoms with Gasteiger partial charge in [-0.05, 0) is 28.9 Å². The molecular formula is C23H13Cl4F3LiN3O2. The monoisotopic (exact) mass is 567 g/mol. The van der Waals surface area contributed by atoms with Crippen molar-refractivity contribution in [3.63, 3.8) is 0 Å². The van der Waals surface area contributed by atoms with Gasteiger partial charge >= 0.3 is 18.9 Å². The molecule has 4 rings (SSSR count). The van der Waals surface area contributed by atoms with Crippen LogP contribution in [0.3, 0.4) is 0 Å². The molecule has 2 aromatic carbocycles. The van der Waals surface area contributed by atoms with Crippen LogP contribution in [0.4, 0.5) is 24.7 Å². The van der Waals surface area contributed by atoms with Gasteiger partial charge in [0.25, 0.3) is 0 Å². The Bertz CT molecular complexity index is 1380. The average molecular weight is 569 g/mol. The molecule has 0 spiro atoms. The molecule has 0 radical (unpaired) electrons. The van der Waals surface area contributed by atoms with Gasteiger partial charge in [-0.3, -0.25) is 9.59 Å². The molecule has 182 valence electrons. The number of alkyl halides is 2. The van der Waals surface area contributed by atoms with E-state index in [0.29, 0.717) is 22.8 Å². The van der Waals surface area contributed by atoms with Gasteiger partial charge in [0.15, 0.2) is 11.6 Å². The van der Waals surface area contributed by atoms with Gasteiger partial charge in [0.2, 0.25) is 11.8 Å². The molecule has 2 atom stereocenters. The topological polar surface area (TPSA) is 71.1 Å². The van der Waals surface area contributed by atoms with Crippen molar-refractivity contribution in [2.24, 2.45) is 5.92 Å². The molecule has 1 saturated carbocycles. The van der Waals surface area contributed by atoms with Gasteiger partial charge in [-0.2, -0.15) is 12.1 Å². The maximum Gasteiger partial charge on any atom is 1.00 e. The van der Waals surface area contributed by atoms with Crippen molar-refractivity contribution >= 4 is 69.7 Å². The molecule has 1 heterocycles. The molecule has 0 saturated heterocycles. The van der Waals surface area contributed by atoms with E-state index in [1.807, 2.05) is 0 Å². The standard InChI is InChI=1S/C23H13Cl4F3N3O2.Li/c1-9-2-5-15(19(30)16(9)21(34)33-20-14(29)7-11(28)8-31-20)32-22(35)18-17(23(18,26)27)10-3-4-12(24)13(25)6-10;/h3-8,17-18H,1H3,(H,32,35)(H,31,33,34);/q-1;+1. The summed E-state index contributed by atoms with van der Waals surface area (Å²) in [7, 11) is 0. The van der Waals surface area contributed by atoms with Gasteiger partial charge in [-0.1, -0.05) is 36.2 Å². The molecule has 2 N–H and O–H groups in total. The molecule has 2 amide bonds. The van der Waals surface area contributed by atoms with E-state index in [9.17, 15) is 18.4 Å². The van der Waals surface area contributed by atoms with E-state index in [-0.39, 0.29) is 35.1 Å². The van der Waals surface area contributed by atoms with Crippen molar-refractivity contribution < 1.29 is 41.6 Å². The molecule has 3 aromatic rings. The fraction of sp³-hybridized carbons (Fsp3) is 0.174. The summed E-state index contributed by atoms with van der Waals surface area (Å²) < 4.78 is 40.7. The predicted octanol–water partition coefficient (Wildman–Crippen LogP) is 3.70. The first-order valence-corrected chi connectivity index (χ1v) is 11.4. The number of hydrogen-bond acceptors (Lipinski definition) is 3. The quantitative estimate of drug-likeness (QED) is 0.280. The van der Waals surface area contributed by atoms with Gasteiger partial charge in [-0.25, -0.2) is 18.2 Å². The van der Waals surface area contributed by atoms with E-state index in [4.69, 9.17) is 46.4 Å². The molecule has 1 aromatic heterocycles. The maximum atomic E-state index is 15.2. The Hall–Kier alpha value is -1.92. The van der Waals surface area contributed by atoms with E-state index in [1.165, 1.54) is 19.1 Å². The Labute approximate surface area is 235 Å². The van der Waals surface area contributed by atoms with Gasteiger partial charge in [0, 0.05) is 12.0 Å². The second-order valence-electron chi connectivity index (χ2n) is 7.75. The minimum absolute atomic E-state index is 0. The molecule has 1 fully saturated rings. The van der Waals surface area contributed by atoms with Crippen LogP contribution in [-0.2, 0) is 4.79 Å². The summed E-state index contributed by atoms with van der Waals surface area (Å²) in [6, 6.07) is 9.00.